The van der Waals surface area contributed by atoms with Crippen LogP contribution in [0, 0.1) is 0 Å². The van der Waals surface area contributed by atoms with Gasteiger partial charge in [-0.05, 0) is 6.07 Å². The highest BCUT2D eigenvalue weighted by atomic mass is 35.5. The molecule has 1 aliphatic rings. The molecule has 3 rings (SSSR count). The number of nitrogens with one attached hydrogen (secondary N) is 2. The van der Waals surface area contributed by atoms with E-state index in [1.807, 2.05) is 0 Å². The molecule has 0 bridgehead atoms. The summed E-state index contributed by atoms with van der Waals surface area (Å²) in [6.45, 7) is 0.116. The van der Waals surface area contributed by atoms with Crippen molar-refractivity contribution in [2.75, 3.05) is 12.1 Å². The number of hydrogen-bond donors (Lipinski definition) is 2. The van der Waals surface area contributed by atoms with Gasteiger partial charge in [-0.3, -0.25) is 9.59 Å². The maximum atomic E-state index is 12.0. The number of benzene rings is 1. The lowest BCUT2D eigenvalue weighted by molar-refractivity contribution is 0.102. The molecular weight excluding hydrogens is 286 g/mol. The number of halogens is 1. The summed E-state index contributed by atoms with van der Waals surface area (Å²) in [6.07, 6.45) is 0. The molecule has 2 heterocycles. The first kappa shape index (κ1) is 12.5. The molecule has 0 aliphatic carbocycles. The van der Waals surface area contributed by atoms with Crippen molar-refractivity contribution in [3.05, 3.63) is 45.3 Å². The second kappa shape index (κ2) is 4.86. The Morgan fingerprint density at radius 2 is 2.05 bits per heavy atom. The summed E-state index contributed by atoms with van der Waals surface area (Å²) < 4.78 is 10.4. The zero-order chi connectivity index (χ0) is 14.1. The molecule has 1 aliphatic heterocycles. The molecule has 0 saturated heterocycles. The predicted octanol–water partition coefficient (Wildman–Crippen LogP) is 1.40. The number of nitrogens with zero attached hydrogens (tertiary/aromatic N) is 1. The van der Waals surface area contributed by atoms with Crippen molar-refractivity contribution in [3.8, 4) is 11.5 Å². The SMILES string of the molecule is O=C(Nc1cc2c(cc1Cl)OCO2)c1ccc(=O)[nH]n1. The molecule has 0 spiro atoms. The number of hydrogen-bond acceptors (Lipinski definition) is 5. The molecule has 2 aromatic rings. The Hall–Kier alpha value is -2.54. The van der Waals surface area contributed by atoms with Crippen LogP contribution in [0.25, 0.3) is 0 Å². The summed E-state index contributed by atoms with van der Waals surface area (Å²) in [4.78, 5) is 22.8. The Balaban J connectivity index is 1.86. The van der Waals surface area contributed by atoms with Gasteiger partial charge in [0.25, 0.3) is 11.5 Å². The minimum atomic E-state index is -0.498. The second-order valence-electron chi connectivity index (χ2n) is 3.95. The van der Waals surface area contributed by atoms with E-state index in [9.17, 15) is 9.59 Å². The molecule has 2 N–H and O–H groups in total. The first-order valence-corrected chi connectivity index (χ1v) is 5.97. The van der Waals surface area contributed by atoms with Crippen LogP contribution in [0.4, 0.5) is 5.69 Å². The van der Waals surface area contributed by atoms with Gasteiger partial charge in [-0.25, -0.2) is 5.10 Å². The fourth-order valence-corrected chi connectivity index (χ4v) is 1.87. The van der Waals surface area contributed by atoms with Gasteiger partial charge in [0.2, 0.25) is 6.79 Å². The molecule has 1 aromatic heterocycles. The lowest BCUT2D eigenvalue weighted by Gasteiger charge is -2.07. The molecule has 0 fully saturated rings. The van der Waals surface area contributed by atoms with Crippen molar-refractivity contribution in [1.29, 1.82) is 0 Å². The van der Waals surface area contributed by atoms with E-state index in [1.165, 1.54) is 12.1 Å². The highest BCUT2D eigenvalue weighted by molar-refractivity contribution is 6.34. The molecule has 0 atom stereocenters. The standard InChI is InChI=1S/C12H8ClN3O4/c13-6-3-9-10(20-5-19-9)4-8(6)14-12(18)7-1-2-11(17)16-15-7/h1-4H,5H2,(H,14,18)(H,16,17). The quantitative estimate of drug-likeness (QED) is 0.873. The normalized spacial score (nSPS) is 12.2. The number of carbonyl (C=O) groups is 1. The van der Waals surface area contributed by atoms with Crippen LogP contribution in [0.2, 0.25) is 5.02 Å². The lowest BCUT2D eigenvalue weighted by Crippen LogP contribution is -2.17. The summed E-state index contributed by atoms with van der Waals surface area (Å²) >= 11 is 6.04. The van der Waals surface area contributed by atoms with Gasteiger partial charge in [0.1, 0.15) is 5.69 Å². The number of ether oxygens (including phenoxy) is 2. The zero-order valence-electron chi connectivity index (χ0n) is 9.97. The van der Waals surface area contributed by atoms with Crippen LogP contribution in [-0.2, 0) is 0 Å². The smallest absolute Gasteiger partial charge is 0.276 e. The summed E-state index contributed by atoms with van der Waals surface area (Å²) in [7, 11) is 0. The largest absolute Gasteiger partial charge is 0.454 e. The van der Waals surface area contributed by atoms with Crippen molar-refractivity contribution < 1.29 is 14.3 Å². The topological polar surface area (TPSA) is 93.3 Å². The minimum absolute atomic E-state index is 0.0679. The Morgan fingerprint density at radius 3 is 2.75 bits per heavy atom. The van der Waals surface area contributed by atoms with Gasteiger partial charge >= 0.3 is 0 Å². The van der Waals surface area contributed by atoms with Crippen molar-refractivity contribution >= 4 is 23.2 Å². The number of amides is 1. The van der Waals surface area contributed by atoms with E-state index in [0.29, 0.717) is 22.2 Å². The van der Waals surface area contributed by atoms with Crippen molar-refractivity contribution in [2.24, 2.45) is 0 Å². The maximum Gasteiger partial charge on any atom is 0.276 e. The maximum absolute atomic E-state index is 12.0. The van der Waals surface area contributed by atoms with Crippen molar-refractivity contribution in [2.45, 2.75) is 0 Å². The monoisotopic (exact) mass is 293 g/mol. The number of anilines is 1. The van der Waals surface area contributed by atoms with E-state index in [4.69, 9.17) is 21.1 Å². The number of rotatable bonds is 2. The number of H-pyrrole nitrogens is 1. The highest BCUT2D eigenvalue weighted by Gasteiger charge is 2.18. The van der Waals surface area contributed by atoms with Gasteiger partial charge in [-0.1, -0.05) is 11.6 Å². The van der Waals surface area contributed by atoms with Crippen LogP contribution in [0.15, 0.2) is 29.1 Å². The first-order valence-electron chi connectivity index (χ1n) is 5.60. The number of aromatic amines is 1. The Kier molecular flexibility index (Phi) is 3.03. The average molecular weight is 294 g/mol. The van der Waals surface area contributed by atoms with Crippen LogP contribution < -0.4 is 20.3 Å². The zero-order valence-corrected chi connectivity index (χ0v) is 10.7. The first-order chi connectivity index (χ1) is 9.63. The molecule has 8 heteroatoms. The third-order valence-electron chi connectivity index (χ3n) is 2.62. The van der Waals surface area contributed by atoms with Gasteiger partial charge in [0.05, 0.1) is 10.7 Å². The van der Waals surface area contributed by atoms with Gasteiger partial charge in [-0.15, -0.1) is 0 Å². The molecule has 0 radical (unpaired) electrons. The Bertz CT molecular complexity index is 723. The van der Waals surface area contributed by atoms with Crippen LogP contribution in [-0.4, -0.2) is 22.9 Å². The van der Waals surface area contributed by atoms with Crippen LogP contribution in [0.5, 0.6) is 11.5 Å². The van der Waals surface area contributed by atoms with Crippen molar-refractivity contribution in [3.63, 3.8) is 0 Å². The Morgan fingerprint density at radius 1 is 1.30 bits per heavy atom. The molecule has 7 nitrogen and oxygen atoms in total. The van der Waals surface area contributed by atoms with Gasteiger partial charge < -0.3 is 14.8 Å². The van der Waals surface area contributed by atoms with E-state index in [-0.39, 0.29) is 18.0 Å². The number of fused-ring (bicyclic) bond motifs is 1. The fourth-order valence-electron chi connectivity index (χ4n) is 1.67. The molecule has 0 saturated carbocycles. The molecule has 1 amide bonds. The highest BCUT2D eigenvalue weighted by Crippen LogP contribution is 2.39. The van der Waals surface area contributed by atoms with Gasteiger partial charge in [-0.2, -0.15) is 5.10 Å². The minimum Gasteiger partial charge on any atom is -0.454 e. The molecule has 0 unspecified atom stereocenters. The number of carbonyl (C=O) groups excluding carboxylic acids is 1. The summed E-state index contributed by atoms with van der Waals surface area (Å²) in [6, 6.07) is 5.65. The average Bonchev–Trinajstić information content (AvgIpc) is 2.87. The third-order valence-corrected chi connectivity index (χ3v) is 2.93. The predicted molar refractivity (Wildman–Crippen MR) is 70.4 cm³/mol. The Labute approximate surface area is 117 Å². The molecular formula is C12H8ClN3O4. The lowest BCUT2D eigenvalue weighted by atomic mass is 10.2. The second-order valence-corrected chi connectivity index (χ2v) is 4.35. The molecule has 1 aromatic carbocycles. The third kappa shape index (κ3) is 2.30. The van der Waals surface area contributed by atoms with Crippen LogP contribution >= 0.6 is 11.6 Å². The summed E-state index contributed by atoms with van der Waals surface area (Å²) in [5.41, 5.74) is 0.0508. The molecule has 102 valence electrons. The van der Waals surface area contributed by atoms with Crippen LogP contribution in [0.3, 0.4) is 0 Å². The van der Waals surface area contributed by atoms with E-state index in [1.54, 1.807) is 12.1 Å². The summed E-state index contributed by atoms with van der Waals surface area (Å²) in [5.74, 6) is 0.524. The van der Waals surface area contributed by atoms with E-state index in [0.717, 1.165) is 0 Å². The summed E-state index contributed by atoms with van der Waals surface area (Å²) in [5, 5.41) is 8.70. The fraction of sp³-hybridized carbons (Fsp3) is 0.0833. The van der Waals surface area contributed by atoms with E-state index in [2.05, 4.69) is 15.5 Å². The van der Waals surface area contributed by atoms with Gasteiger partial charge in [0, 0.05) is 18.2 Å². The van der Waals surface area contributed by atoms with Crippen molar-refractivity contribution in [1.82, 2.24) is 10.2 Å². The van der Waals surface area contributed by atoms with E-state index >= 15 is 0 Å². The van der Waals surface area contributed by atoms with E-state index < -0.39 is 5.91 Å². The number of aromatic nitrogens is 2. The van der Waals surface area contributed by atoms with Gasteiger partial charge in [0.15, 0.2) is 11.5 Å². The van der Waals surface area contributed by atoms with Crippen LogP contribution in [0.1, 0.15) is 10.5 Å². The molecule has 20 heavy (non-hydrogen) atoms.